The second-order valence-corrected chi connectivity index (χ2v) is 13.8. The van der Waals surface area contributed by atoms with Crippen LogP contribution in [0.5, 0.6) is 0 Å². The number of amides is 1. The molecule has 1 aromatic heterocycles. The SMILES string of the molecule is Cn1cc(C(=O)Nc2cc(F)c(CC(=O)C(O[C@H]3CC[C@H](C(=O)O)CC3)(N3CCCC3)N3C[C@H]4C[C@H]3CO4)cc2Cl)c2ccccc21. The van der Waals surface area contributed by atoms with E-state index in [1.807, 2.05) is 35.9 Å². The summed E-state index contributed by atoms with van der Waals surface area (Å²) in [5.74, 6) is -4.01. The summed E-state index contributed by atoms with van der Waals surface area (Å²) >= 11 is 6.64. The third-order valence-corrected chi connectivity index (χ3v) is 10.7. The minimum absolute atomic E-state index is 0.00284. The summed E-state index contributed by atoms with van der Waals surface area (Å²) in [6.45, 7) is 2.34. The molecule has 4 aliphatic rings. The van der Waals surface area contributed by atoms with Gasteiger partial charge in [-0.15, -0.1) is 0 Å². The molecule has 2 bridgehead atoms. The van der Waals surface area contributed by atoms with Crippen LogP contribution in [0.25, 0.3) is 10.9 Å². The van der Waals surface area contributed by atoms with Crippen molar-refractivity contribution in [3.63, 3.8) is 0 Å². The molecule has 4 fully saturated rings. The first-order valence-corrected chi connectivity index (χ1v) is 16.9. The number of para-hydroxylation sites is 1. The zero-order chi connectivity index (χ0) is 32.9. The summed E-state index contributed by atoms with van der Waals surface area (Å²) in [4.78, 5) is 43.9. The zero-order valence-electron chi connectivity index (χ0n) is 26.4. The summed E-state index contributed by atoms with van der Waals surface area (Å²) < 4.78 is 30.5. The maximum absolute atomic E-state index is 15.9. The second kappa shape index (κ2) is 12.9. The average molecular weight is 667 g/mol. The van der Waals surface area contributed by atoms with Gasteiger partial charge in [0, 0.05) is 56.2 Å². The predicted molar refractivity (Wildman–Crippen MR) is 174 cm³/mol. The number of halogens is 2. The Balaban J connectivity index is 1.16. The Morgan fingerprint density at radius 1 is 1.13 bits per heavy atom. The lowest BCUT2D eigenvalue weighted by atomic mass is 9.87. The van der Waals surface area contributed by atoms with Crippen molar-refractivity contribution in [2.24, 2.45) is 13.0 Å². The van der Waals surface area contributed by atoms with Crippen LogP contribution in [-0.2, 0) is 32.5 Å². The number of carboxylic acid groups (broad SMARTS) is 1. The fraction of sp³-hybridized carbons (Fsp3) is 0.514. The Morgan fingerprint density at radius 2 is 1.87 bits per heavy atom. The van der Waals surface area contributed by atoms with Crippen molar-refractivity contribution in [1.29, 1.82) is 0 Å². The molecule has 3 atom stereocenters. The Hall–Kier alpha value is -3.35. The standard InChI is InChI=1S/C35H40ClFN4O6/c1-39-19-27(26-6-2-3-7-31(26)39)33(43)38-30-17-29(37)22(14-28(30)36)15-32(42)35(40-12-4-5-13-40,41-18-25-16-23(41)20-46-25)47-24-10-8-21(9-11-24)34(44)45/h2-3,6-7,14,17,19,21,23-25H,4-5,8-13,15-16,18,20H2,1H3,(H,38,43)(H,44,45)/t21-,23-,24-,25+,35?/m0/s1. The van der Waals surface area contributed by atoms with Crippen LogP contribution in [-0.4, -0.2) is 87.5 Å². The first-order valence-electron chi connectivity index (χ1n) is 16.5. The molecule has 1 saturated carbocycles. The number of nitrogens with one attached hydrogen (secondary N) is 1. The molecule has 2 N–H and O–H groups in total. The summed E-state index contributed by atoms with van der Waals surface area (Å²) in [5.41, 5.74) is 1.56. The topological polar surface area (TPSA) is 113 Å². The molecule has 4 heterocycles. The molecule has 250 valence electrons. The van der Waals surface area contributed by atoms with Gasteiger partial charge in [0.15, 0.2) is 5.78 Å². The predicted octanol–water partition coefficient (Wildman–Crippen LogP) is 5.22. The number of aliphatic carboxylic acids is 1. The number of ketones is 1. The third kappa shape index (κ3) is 5.97. The van der Waals surface area contributed by atoms with Crippen molar-refractivity contribution in [3.8, 4) is 0 Å². The lowest BCUT2D eigenvalue weighted by molar-refractivity contribution is -0.267. The fourth-order valence-corrected chi connectivity index (χ4v) is 8.23. The molecule has 1 unspecified atom stereocenters. The highest BCUT2D eigenvalue weighted by Crippen LogP contribution is 2.42. The molecule has 1 amide bonds. The third-order valence-electron chi connectivity index (χ3n) is 10.4. The van der Waals surface area contributed by atoms with Crippen molar-refractivity contribution in [2.45, 2.75) is 75.5 Å². The molecule has 3 aliphatic heterocycles. The van der Waals surface area contributed by atoms with Gasteiger partial charge in [-0.05, 0) is 68.7 Å². The van der Waals surface area contributed by atoms with Crippen LogP contribution in [0, 0.1) is 11.7 Å². The van der Waals surface area contributed by atoms with Crippen LogP contribution in [0.1, 0.15) is 60.9 Å². The van der Waals surface area contributed by atoms with Crippen LogP contribution in [0.3, 0.4) is 0 Å². The number of carbonyl (C=O) groups excluding carboxylic acids is 2. The Bertz CT molecular complexity index is 1700. The van der Waals surface area contributed by atoms with E-state index in [1.165, 1.54) is 12.1 Å². The van der Waals surface area contributed by atoms with E-state index in [2.05, 4.69) is 15.1 Å². The van der Waals surface area contributed by atoms with Gasteiger partial charge in [0.2, 0.25) is 5.85 Å². The molecule has 10 nitrogen and oxygen atoms in total. The highest BCUT2D eigenvalue weighted by molar-refractivity contribution is 6.34. The van der Waals surface area contributed by atoms with Gasteiger partial charge in [-0.2, -0.15) is 0 Å². The van der Waals surface area contributed by atoms with Gasteiger partial charge >= 0.3 is 5.97 Å². The number of rotatable bonds is 10. The number of carboxylic acids is 1. The molecular formula is C35H40ClFN4O6. The molecule has 12 heteroatoms. The summed E-state index contributed by atoms with van der Waals surface area (Å²) in [5, 5.41) is 13.2. The van der Waals surface area contributed by atoms with Crippen LogP contribution in [0.15, 0.2) is 42.6 Å². The fourth-order valence-electron chi connectivity index (χ4n) is 8.00. The highest BCUT2D eigenvalue weighted by atomic mass is 35.5. The zero-order valence-corrected chi connectivity index (χ0v) is 27.2. The highest BCUT2D eigenvalue weighted by Gasteiger charge is 2.58. The number of Topliss-reactive ketones (excluding diaryl/α,β-unsaturated/α-hetero) is 1. The molecule has 47 heavy (non-hydrogen) atoms. The van der Waals surface area contributed by atoms with Crippen LogP contribution >= 0.6 is 11.6 Å². The number of anilines is 1. The van der Waals surface area contributed by atoms with Crippen molar-refractivity contribution >= 4 is 45.9 Å². The maximum atomic E-state index is 15.9. The molecule has 0 spiro atoms. The monoisotopic (exact) mass is 666 g/mol. The molecule has 3 aromatic rings. The number of nitrogens with zero attached hydrogens (tertiary/aromatic N) is 3. The van der Waals surface area contributed by atoms with Crippen LogP contribution < -0.4 is 5.32 Å². The summed E-state index contributed by atoms with van der Waals surface area (Å²) in [7, 11) is 1.85. The van der Waals surface area contributed by atoms with E-state index < -0.39 is 29.5 Å². The van der Waals surface area contributed by atoms with Crippen molar-refractivity contribution in [1.82, 2.24) is 14.4 Å². The van der Waals surface area contributed by atoms with E-state index in [-0.39, 0.29) is 46.7 Å². The van der Waals surface area contributed by atoms with Crippen molar-refractivity contribution < 1.29 is 33.4 Å². The van der Waals surface area contributed by atoms with E-state index in [0.717, 1.165) is 30.2 Å². The number of aromatic nitrogens is 1. The smallest absolute Gasteiger partial charge is 0.306 e. The first kappa shape index (κ1) is 32.2. The lowest BCUT2D eigenvalue weighted by Crippen LogP contribution is -2.70. The van der Waals surface area contributed by atoms with Crippen LogP contribution in [0.4, 0.5) is 10.1 Å². The van der Waals surface area contributed by atoms with Gasteiger partial charge in [-0.1, -0.05) is 29.8 Å². The van der Waals surface area contributed by atoms with Crippen LogP contribution in [0.2, 0.25) is 5.02 Å². The van der Waals surface area contributed by atoms with Gasteiger partial charge < -0.3 is 24.5 Å². The van der Waals surface area contributed by atoms with Gasteiger partial charge in [-0.3, -0.25) is 19.3 Å². The Kier molecular flexibility index (Phi) is 8.86. The Morgan fingerprint density at radius 3 is 2.55 bits per heavy atom. The summed E-state index contributed by atoms with van der Waals surface area (Å²) in [6, 6.07) is 10.1. The Labute approximate surface area is 277 Å². The normalized spacial score (nSPS) is 26.1. The largest absolute Gasteiger partial charge is 0.481 e. The van der Waals surface area contributed by atoms with E-state index >= 15 is 4.39 Å². The number of carbonyl (C=O) groups is 3. The molecule has 0 radical (unpaired) electrons. The number of morpholine rings is 1. The second-order valence-electron chi connectivity index (χ2n) is 13.4. The van der Waals surface area contributed by atoms with Gasteiger partial charge in [0.05, 0.1) is 41.0 Å². The lowest BCUT2D eigenvalue weighted by Gasteiger charge is -2.51. The van der Waals surface area contributed by atoms with Gasteiger partial charge in [-0.25, -0.2) is 9.29 Å². The number of likely N-dealkylation sites (tertiary alicyclic amines) is 2. The van der Waals surface area contributed by atoms with Crippen molar-refractivity contribution in [3.05, 3.63) is 64.6 Å². The van der Waals surface area contributed by atoms with E-state index in [1.54, 1.807) is 6.20 Å². The number of fused-ring (bicyclic) bond motifs is 3. The molecule has 1 aliphatic carbocycles. The summed E-state index contributed by atoms with van der Waals surface area (Å²) in [6.07, 6.45) is 5.79. The van der Waals surface area contributed by atoms with Gasteiger partial charge in [0.25, 0.3) is 5.91 Å². The number of hydrogen-bond acceptors (Lipinski definition) is 7. The molecule has 2 aromatic carbocycles. The average Bonchev–Trinajstić information content (AvgIpc) is 3.89. The molecule has 7 rings (SSSR count). The number of ether oxygens (including phenoxy) is 2. The number of aryl methyl sites for hydroxylation is 1. The number of hydrogen-bond donors (Lipinski definition) is 2. The minimum atomic E-state index is -1.43. The van der Waals surface area contributed by atoms with E-state index in [4.69, 9.17) is 21.1 Å². The molecule has 3 saturated heterocycles. The van der Waals surface area contributed by atoms with E-state index in [9.17, 15) is 19.5 Å². The van der Waals surface area contributed by atoms with Gasteiger partial charge in [0.1, 0.15) is 5.82 Å². The molecular weight excluding hydrogens is 627 g/mol. The van der Waals surface area contributed by atoms with E-state index in [0.29, 0.717) is 57.5 Å². The first-order chi connectivity index (χ1) is 22.6. The quantitative estimate of drug-likeness (QED) is 0.303. The van der Waals surface area contributed by atoms with Crippen molar-refractivity contribution in [2.75, 3.05) is 31.6 Å². The minimum Gasteiger partial charge on any atom is -0.481 e. The maximum Gasteiger partial charge on any atom is 0.306 e. The number of benzene rings is 2.